The van der Waals surface area contributed by atoms with Crippen molar-refractivity contribution in [2.45, 2.75) is 26.4 Å². The van der Waals surface area contributed by atoms with Crippen molar-refractivity contribution >= 4 is 28.3 Å². The zero-order chi connectivity index (χ0) is 21.7. The van der Waals surface area contributed by atoms with Crippen molar-refractivity contribution in [3.05, 3.63) is 79.8 Å². The Morgan fingerprint density at radius 3 is 2.37 bits per heavy atom. The summed E-state index contributed by atoms with van der Waals surface area (Å²) in [6.45, 7) is 5.74. The van der Waals surface area contributed by atoms with Crippen LogP contribution in [0.3, 0.4) is 0 Å². The number of nitrogens with one attached hydrogen (secondary N) is 2. The van der Waals surface area contributed by atoms with Crippen molar-refractivity contribution in [3.63, 3.8) is 0 Å². The molecule has 30 heavy (non-hydrogen) atoms. The van der Waals surface area contributed by atoms with Gasteiger partial charge in [0, 0.05) is 11.6 Å². The molecule has 0 bridgehead atoms. The second-order valence-electron chi connectivity index (χ2n) is 6.94. The number of hydrogen-bond acceptors (Lipinski definition) is 4. The average Bonchev–Trinajstić information content (AvgIpc) is 2.75. The zero-order valence-corrected chi connectivity index (χ0v) is 17.8. The maximum atomic E-state index is 12.6. The van der Waals surface area contributed by atoms with Crippen LogP contribution in [-0.2, 0) is 11.3 Å². The number of aromatic nitrogens is 2. The maximum Gasteiger partial charge on any atom is 0.273 e. The van der Waals surface area contributed by atoms with Gasteiger partial charge in [-0.25, -0.2) is 4.68 Å². The van der Waals surface area contributed by atoms with Crippen LogP contribution in [0.4, 0.5) is 0 Å². The Hall–Kier alpha value is -2.90. The van der Waals surface area contributed by atoms with E-state index in [4.69, 9.17) is 11.6 Å². The lowest BCUT2D eigenvalue weighted by Gasteiger charge is -2.31. The van der Waals surface area contributed by atoms with Gasteiger partial charge in [-0.2, -0.15) is 0 Å². The van der Waals surface area contributed by atoms with E-state index in [9.17, 15) is 14.4 Å². The Kier molecular flexibility index (Phi) is 7.07. The quantitative estimate of drug-likeness (QED) is 0.577. The highest BCUT2D eigenvalue weighted by molar-refractivity contribution is 6.31. The minimum Gasteiger partial charge on any atom is -0.353 e. The molecule has 8 heteroatoms. The molecule has 3 aromatic rings. The van der Waals surface area contributed by atoms with Gasteiger partial charge < -0.3 is 5.32 Å². The van der Waals surface area contributed by atoms with Crippen LogP contribution in [0.5, 0.6) is 0 Å². The zero-order valence-electron chi connectivity index (χ0n) is 17.0. The van der Waals surface area contributed by atoms with Gasteiger partial charge in [-0.05, 0) is 36.9 Å². The van der Waals surface area contributed by atoms with E-state index in [0.717, 1.165) is 23.3 Å². The van der Waals surface area contributed by atoms with E-state index >= 15 is 0 Å². The Morgan fingerprint density at radius 1 is 1.07 bits per heavy atom. The lowest BCUT2D eigenvalue weighted by molar-refractivity contribution is -0.122. The van der Waals surface area contributed by atoms with Crippen molar-refractivity contribution in [1.82, 2.24) is 20.0 Å². The average molecular weight is 429 g/mol. The molecule has 2 N–H and O–H groups in total. The topological polar surface area (TPSA) is 87.2 Å². The third-order valence-corrected chi connectivity index (χ3v) is 5.54. The fourth-order valence-corrected chi connectivity index (χ4v) is 3.88. The molecule has 1 heterocycles. The van der Waals surface area contributed by atoms with Gasteiger partial charge in [0.2, 0.25) is 5.91 Å². The largest absolute Gasteiger partial charge is 0.353 e. The molecule has 1 amide bonds. The van der Waals surface area contributed by atoms with E-state index in [1.165, 1.54) is 0 Å². The lowest BCUT2D eigenvalue weighted by atomic mass is 10.0. The monoisotopic (exact) mass is 428 g/mol. The van der Waals surface area contributed by atoms with E-state index in [-0.39, 0.29) is 23.9 Å². The molecule has 3 rings (SSSR count). The fourth-order valence-electron chi connectivity index (χ4n) is 3.61. The first-order valence-electron chi connectivity index (χ1n) is 9.93. The number of fused-ring (bicyclic) bond motifs is 1. The Bertz CT molecular complexity index is 1150. The van der Waals surface area contributed by atoms with E-state index in [0.29, 0.717) is 17.0 Å². The van der Waals surface area contributed by atoms with Gasteiger partial charge in [-0.15, -0.1) is 0 Å². The smallest absolute Gasteiger partial charge is 0.273 e. The molecule has 0 radical (unpaired) electrons. The highest BCUT2D eigenvalue weighted by Crippen LogP contribution is 2.26. The number of hydrogen-bond donors (Lipinski definition) is 2. The summed E-state index contributed by atoms with van der Waals surface area (Å²) in [5.74, 6) is -0.368. The number of aromatic amines is 1. The van der Waals surface area contributed by atoms with Crippen LogP contribution in [0, 0.1) is 0 Å². The summed E-state index contributed by atoms with van der Waals surface area (Å²) in [5, 5.41) is 6.59. The third-order valence-electron chi connectivity index (χ3n) is 5.20. The number of halogens is 1. The minimum absolute atomic E-state index is 0.106. The molecule has 0 aliphatic rings. The summed E-state index contributed by atoms with van der Waals surface area (Å²) < 4.78 is 1.04. The van der Waals surface area contributed by atoms with Gasteiger partial charge in [0.25, 0.3) is 11.1 Å². The molecule has 7 nitrogen and oxygen atoms in total. The molecular weight excluding hydrogens is 404 g/mol. The second kappa shape index (κ2) is 9.73. The van der Waals surface area contributed by atoms with Crippen LogP contribution in [0.15, 0.2) is 58.1 Å². The van der Waals surface area contributed by atoms with Crippen LogP contribution in [0.1, 0.15) is 25.5 Å². The molecule has 0 fully saturated rings. The Balaban J connectivity index is 1.79. The highest BCUT2D eigenvalue weighted by atomic mass is 35.5. The van der Waals surface area contributed by atoms with Crippen LogP contribution in [0.25, 0.3) is 10.8 Å². The molecule has 0 aliphatic heterocycles. The third kappa shape index (κ3) is 4.63. The number of nitrogens with zero attached hydrogens (tertiary/aromatic N) is 2. The maximum absolute atomic E-state index is 12.6. The first-order valence-corrected chi connectivity index (χ1v) is 10.3. The van der Waals surface area contributed by atoms with Crippen molar-refractivity contribution in [3.8, 4) is 0 Å². The fraction of sp³-hybridized carbons (Fsp3) is 0.318. The summed E-state index contributed by atoms with van der Waals surface area (Å²) in [6, 6.07) is 14.0. The predicted octanol–water partition coefficient (Wildman–Crippen LogP) is 2.54. The number of carbonyl (C=O) groups excluding carboxylic acids is 1. The number of amides is 1. The molecule has 0 spiro atoms. The van der Waals surface area contributed by atoms with Crippen molar-refractivity contribution in [2.75, 3.05) is 19.6 Å². The second-order valence-corrected chi connectivity index (χ2v) is 7.35. The molecule has 1 atom stereocenters. The van der Waals surface area contributed by atoms with Gasteiger partial charge in [0.1, 0.15) is 6.54 Å². The Morgan fingerprint density at radius 2 is 1.70 bits per heavy atom. The van der Waals surface area contributed by atoms with Crippen LogP contribution in [-0.4, -0.2) is 40.2 Å². The molecule has 158 valence electrons. The van der Waals surface area contributed by atoms with E-state index in [1.54, 1.807) is 24.3 Å². The molecule has 0 aliphatic carbocycles. The van der Waals surface area contributed by atoms with E-state index in [2.05, 4.69) is 29.2 Å². The van der Waals surface area contributed by atoms with Gasteiger partial charge in [0.15, 0.2) is 0 Å². The number of benzene rings is 2. The number of carbonyl (C=O) groups is 1. The first-order chi connectivity index (χ1) is 14.5. The van der Waals surface area contributed by atoms with Gasteiger partial charge in [-0.3, -0.25) is 24.4 Å². The van der Waals surface area contributed by atoms with E-state index in [1.807, 2.05) is 24.3 Å². The van der Waals surface area contributed by atoms with Gasteiger partial charge in [-0.1, -0.05) is 55.8 Å². The molecule has 2 aromatic carbocycles. The normalized spacial score (nSPS) is 12.3. The SMILES string of the molecule is CCN(CC)C(CNC(=O)Cn1[nH]c(=O)c2ccccc2c1=O)c1ccccc1Cl. The van der Waals surface area contributed by atoms with Gasteiger partial charge >= 0.3 is 0 Å². The summed E-state index contributed by atoms with van der Waals surface area (Å²) >= 11 is 6.39. The molecule has 0 saturated heterocycles. The van der Waals surface area contributed by atoms with E-state index < -0.39 is 11.1 Å². The van der Waals surface area contributed by atoms with Crippen LogP contribution in [0.2, 0.25) is 5.02 Å². The number of likely N-dealkylation sites (N-methyl/N-ethyl adjacent to an activating group) is 1. The van der Waals surface area contributed by atoms with Gasteiger partial charge in [0.05, 0.1) is 16.8 Å². The summed E-state index contributed by atoms with van der Waals surface area (Å²) in [5.41, 5.74) is 0.112. The van der Waals surface area contributed by atoms with Crippen molar-refractivity contribution in [2.24, 2.45) is 0 Å². The van der Waals surface area contributed by atoms with Crippen molar-refractivity contribution in [1.29, 1.82) is 0 Å². The minimum atomic E-state index is -0.410. The molecule has 0 saturated carbocycles. The number of H-pyrrole nitrogens is 1. The highest BCUT2D eigenvalue weighted by Gasteiger charge is 2.21. The van der Waals surface area contributed by atoms with Crippen molar-refractivity contribution < 1.29 is 4.79 Å². The summed E-state index contributed by atoms with van der Waals surface area (Å²) in [4.78, 5) is 39.6. The molecular formula is C22H25ClN4O3. The standard InChI is InChI=1S/C22H25ClN4O3/c1-3-26(4-2)19(17-11-7-8-12-18(17)23)13-24-20(28)14-27-22(30)16-10-6-5-9-15(16)21(29)25-27/h5-12,19H,3-4,13-14H2,1-2H3,(H,24,28)(H,25,29). The lowest BCUT2D eigenvalue weighted by Crippen LogP contribution is -2.41. The number of rotatable bonds is 8. The Labute approximate surface area is 179 Å². The summed E-state index contributed by atoms with van der Waals surface area (Å²) in [7, 11) is 0. The van der Waals surface area contributed by atoms with Crippen LogP contribution < -0.4 is 16.4 Å². The molecule has 1 aromatic heterocycles. The first kappa shape index (κ1) is 21.8. The summed E-state index contributed by atoms with van der Waals surface area (Å²) in [6.07, 6.45) is 0. The predicted molar refractivity (Wildman–Crippen MR) is 119 cm³/mol. The molecule has 1 unspecified atom stereocenters. The van der Waals surface area contributed by atoms with Crippen LogP contribution >= 0.6 is 11.6 Å².